The summed E-state index contributed by atoms with van der Waals surface area (Å²) in [7, 11) is 1.59. The summed E-state index contributed by atoms with van der Waals surface area (Å²) in [5, 5.41) is 2.33. The lowest BCUT2D eigenvalue weighted by molar-refractivity contribution is -0.123. The maximum absolute atomic E-state index is 12.4. The fraction of sp³-hybridized carbons (Fsp3) is 0.263. The number of aromatic nitrogens is 2. The minimum atomic E-state index is -4.51. The van der Waals surface area contributed by atoms with Gasteiger partial charge >= 0.3 is 6.18 Å². The smallest absolute Gasteiger partial charge is 0.346 e. The summed E-state index contributed by atoms with van der Waals surface area (Å²) in [5.41, 5.74) is 1.56. The molecule has 2 aromatic heterocycles. The van der Waals surface area contributed by atoms with E-state index < -0.39 is 18.6 Å². The molecule has 0 aliphatic rings. The standard InChI is InChI=1S/C19H18F3N3O2/c1-11(12-6-4-3-5-7-12)14-9-25(2)18(27)16-13(14)8-15(24-16)17(26)23-10-19(20,21)22/h3-9,11,24H,10H2,1-2H3,(H,23,26). The summed E-state index contributed by atoms with van der Waals surface area (Å²) in [5.74, 6) is -0.994. The van der Waals surface area contributed by atoms with E-state index in [4.69, 9.17) is 0 Å². The van der Waals surface area contributed by atoms with E-state index in [0.717, 1.165) is 11.1 Å². The molecule has 0 aliphatic carbocycles. The first kappa shape index (κ1) is 18.8. The first-order chi connectivity index (χ1) is 12.7. The highest BCUT2D eigenvalue weighted by Gasteiger charge is 2.28. The molecule has 8 heteroatoms. The predicted octanol–water partition coefficient (Wildman–Crippen LogP) is 3.31. The molecule has 1 amide bonds. The van der Waals surface area contributed by atoms with Crippen LogP contribution < -0.4 is 10.9 Å². The molecule has 0 aliphatic heterocycles. The number of fused-ring (bicyclic) bond motifs is 1. The van der Waals surface area contributed by atoms with Gasteiger partial charge in [-0.2, -0.15) is 13.2 Å². The Morgan fingerprint density at radius 2 is 1.93 bits per heavy atom. The number of aromatic amines is 1. The number of nitrogens with zero attached hydrogens (tertiary/aromatic N) is 1. The van der Waals surface area contributed by atoms with Crippen molar-refractivity contribution in [1.29, 1.82) is 0 Å². The quantitative estimate of drug-likeness (QED) is 0.733. The molecule has 3 rings (SSSR count). The zero-order valence-corrected chi connectivity index (χ0v) is 14.7. The second-order valence-electron chi connectivity index (χ2n) is 6.40. The topological polar surface area (TPSA) is 66.9 Å². The molecule has 2 heterocycles. The van der Waals surface area contributed by atoms with Crippen LogP contribution in [-0.2, 0) is 7.05 Å². The largest absolute Gasteiger partial charge is 0.405 e. The van der Waals surface area contributed by atoms with Gasteiger partial charge in [-0.3, -0.25) is 9.59 Å². The molecule has 27 heavy (non-hydrogen) atoms. The second-order valence-corrected chi connectivity index (χ2v) is 6.40. The highest BCUT2D eigenvalue weighted by Crippen LogP contribution is 2.29. The number of rotatable bonds is 4. The number of hydrogen-bond acceptors (Lipinski definition) is 2. The number of carbonyl (C=O) groups excluding carboxylic acids is 1. The third-order valence-electron chi connectivity index (χ3n) is 4.46. The highest BCUT2D eigenvalue weighted by molar-refractivity contribution is 5.98. The van der Waals surface area contributed by atoms with Crippen LogP contribution in [0.4, 0.5) is 13.2 Å². The molecule has 0 radical (unpaired) electrons. The van der Waals surface area contributed by atoms with Gasteiger partial charge in [-0.1, -0.05) is 37.3 Å². The lowest BCUT2D eigenvalue weighted by atomic mass is 9.92. The summed E-state index contributed by atoms with van der Waals surface area (Å²) in [6, 6.07) is 11.0. The van der Waals surface area contributed by atoms with Gasteiger partial charge in [-0.15, -0.1) is 0 Å². The molecule has 3 aromatic rings. The maximum atomic E-state index is 12.4. The molecule has 142 valence electrons. The molecule has 0 bridgehead atoms. The van der Waals surface area contributed by atoms with Gasteiger partial charge in [0.2, 0.25) is 0 Å². The number of hydrogen-bond donors (Lipinski definition) is 2. The molecular weight excluding hydrogens is 359 g/mol. The van der Waals surface area contributed by atoms with Crippen molar-refractivity contribution in [3.8, 4) is 0 Å². The predicted molar refractivity (Wildman–Crippen MR) is 95.9 cm³/mol. The number of halogens is 3. The number of nitrogens with one attached hydrogen (secondary N) is 2. The molecule has 0 fully saturated rings. The fourth-order valence-electron chi connectivity index (χ4n) is 3.03. The van der Waals surface area contributed by atoms with Crippen LogP contribution in [0.15, 0.2) is 47.4 Å². The maximum Gasteiger partial charge on any atom is 0.405 e. The van der Waals surface area contributed by atoms with Gasteiger partial charge in [0.15, 0.2) is 0 Å². The van der Waals surface area contributed by atoms with Crippen LogP contribution in [0.25, 0.3) is 10.9 Å². The highest BCUT2D eigenvalue weighted by atomic mass is 19.4. The Kier molecular flexibility index (Phi) is 4.82. The van der Waals surface area contributed by atoms with Crippen LogP contribution in [-0.4, -0.2) is 28.2 Å². The van der Waals surface area contributed by atoms with Gasteiger partial charge in [0.1, 0.15) is 17.8 Å². The zero-order chi connectivity index (χ0) is 19.8. The van der Waals surface area contributed by atoms with E-state index in [2.05, 4.69) is 4.98 Å². The Morgan fingerprint density at radius 1 is 1.26 bits per heavy atom. The van der Waals surface area contributed by atoms with Gasteiger partial charge in [-0.05, 0) is 17.2 Å². The molecule has 0 spiro atoms. The number of carbonyl (C=O) groups is 1. The number of amides is 1. The fourth-order valence-corrected chi connectivity index (χ4v) is 3.03. The van der Waals surface area contributed by atoms with Crippen molar-refractivity contribution in [2.24, 2.45) is 7.05 Å². The molecule has 1 aromatic carbocycles. The molecule has 0 saturated heterocycles. The van der Waals surface area contributed by atoms with Crippen LogP contribution >= 0.6 is 0 Å². The first-order valence-electron chi connectivity index (χ1n) is 8.29. The number of H-pyrrole nitrogens is 1. The monoisotopic (exact) mass is 377 g/mol. The molecule has 0 saturated carbocycles. The van der Waals surface area contributed by atoms with E-state index in [1.54, 1.807) is 13.2 Å². The summed E-state index contributed by atoms with van der Waals surface area (Å²) >= 11 is 0. The normalized spacial score (nSPS) is 12.9. The Morgan fingerprint density at radius 3 is 2.56 bits per heavy atom. The lowest BCUT2D eigenvalue weighted by Gasteiger charge is -2.15. The van der Waals surface area contributed by atoms with E-state index in [-0.39, 0.29) is 22.7 Å². The molecule has 1 atom stereocenters. The van der Waals surface area contributed by atoms with Crippen molar-refractivity contribution in [1.82, 2.24) is 14.9 Å². The minimum absolute atomic E-state index is 0.0811. The summed E-state index contributed by atoms with van der Waals surface area (Å²) in [6.07, 6.45) is -2.82. The Bertz CT molecular complexity index is 1040. The second kappa shape index (κ2) is 6.94. The lowest BCUT2D eigenvalue weighted by Crippen LogP contribution is -2.33. The van der Waals surface area contributed by atoms with E-state index in [1.165, 1.54) is 10.6 Å². The van der Waals surface area contributed by atoms with Crippen molar-refractivity contribution in [3.63, 3.8) is 0 Å². The number of pyridine rings is 1. The minimum Gasteiger partial charge on any atom is -0.346 e. The number of aryl methyl sites for hydroxylation is 1. The van der Waals surface area contributed by atoms with Gasteiger partial charge in [0, 0.05) is 24.5 Å². The SMILES string of the molecule is CC(c1ccccc1)c1cn(C)c(=O)c2[nH]c(C(=O)NCC(F)(F)F)cc12. The average molecular weight is 377 g/mol. The van der Waals surface area contributed by atoms with Gasteiger partial charge < -0.3 is 14.9 Å². The van der Waals surface area contributed by atoms with Crippen molar-refractivity contribution in [3.05, 3.63) is 69.8 Å². The van der Waals surface area contributed by atoms with Crippen LogP contribution in [0.2, 0.25) is 0 Å². The molecule has 1 unspecified atom stereocenters. The summed E-state index contributed by atoms with van der Waals surface area (Å²) < 4.78 is 38.4. The van der Waals surface area contributed by atoms with E-state index >= 15 is 0 Å². The van der Waals surface area contributed by atoms with Crippen LogP contribution in [0.1, 0.15) is 34.5 Å². The summed E-state index contributed by atoms with van der Waals surface area (Å²) in [4.78, 5) is 27.1. The van der Waals surface area contributed by atoms with Gasteiger partial charge in [-0.25, -0.2) is 0 Å². The molecular formula is C19H18F3N3O2. The van der Waals surface area contributed by atoms with Gasteiger partial charge in [0.05, 0.1) is 0 Å². The Labute approximate surface area is 152 Å². The zero-order valence-electron chi connectivity index (χ0n) is 14.7. The number of benzene rings is 1. The van der Waals surface area contributed by atoms with Crippen molar-refractivity contribution < 1.29 is 18.0 Å². The molecule has 5 nitrogen and oxygen atoms in total. The Balaban J connectivity index is 2.06. The molecule has 2 N–H and O–H groups in total. The van der Waals surface area contributed by atoms with Crippen LogP contribution in [0.5, 0.6) is 0 Å². The van der Waals surface area contributed by atoms with E-state index in [9.17, 15) is 22.8 Å². The van der Waals surface area contributed by atoms with E-state index in [0.29, 0.717) is 5.39 Å². The van der Waals surface area contributed by atoms with Crippen LogP contribution in [0, 0.1) is 0 Å². The van der Waals surface area contributed by atoms with Gasteiger partial charge in [0.25, 0.3) is 11.5 Å². The number of alkyl halides is 3. The average Bonchev–Trinajstić information content (AvgIpc) is 3.08. The third-order valence-corrected chi connectivity index (χ3v) is 4.46. The van der Waals surface area contributed by atoms with Crippen molar-refractivity contribution >= 4 is 16.8 Å². The van der Waals surface area contributed by atoms with Crippen molar-refractivity contribution in [2.75, 3.05) is 6.54 Å². The Hall–Kier alpha value is -3.03. The third kappa shape index (κ3) is 3.89. The first-order valence-corrected chi connectivity index (χ1v) is 8.29. The van der Waals surface area contributed by atoms with E-state index in [1.807, 2.05) is 42.6 Å². The van der Waals surface area contributed by atoms with Crippen molar-refractivity contribution in [2.45, 2.75) is 19.0 Å². The summed E-state index contributed by atoms with van der Waals surface area (Å²) in [6.45, 7) is 0.525. The van der Waals surface area contributed by atoms with Crippen LogP contribution in [0.3, 0.4) is 0 Å².